The van der Waals surface area contributed by atoms with Gasteiger partial charge in [0.1, 0.15) is 12.0 Å². The highest BCUT2D eigenvalue weighted by Gasteiger charge is 2.29. The van der Waals surface area contributed by atoms with Gasteiger partial charge >= 0.3 is 5.56 Å². The molecule has 0 bridgehead atoms. The predicted molar refractivity (Wildman–Crippen MR) is 84.2 cm³/mol. The van der Waals surface area contributed by atoms with Crippen molar-refractivity contribution < 1.29 is 10.2 Å². The Labute approximate surface area is 124 Å². The van der Waals surface area contributed by atoms with Crippen molar-refractivity contribution in [2.24, 2.45) is 0 Å². The Bertz CT molecular complexity index is 856. The zero-order chi connectivity index (χ0) is 15.0. The molecule has 3 aromatic rings. The molecule has 106 valence electrons. The van der Waals surface area contributed by atoms with E-state index < -0.39 is 10.9 Å². The number of benzene rings is 2. The number of phenols is 1. The van der Waals surface area contributed by atoms with Crippen LogP contribution in [0.1, 0.15) is 0 Å². The summed E-state index contributed by atoms with van der Waals surface area (Å²) in [4.78, 5) is 16.3. The number of aromatic amines is 1. The zero-order valence-corrected chi connectivity index (χ0v) is 12.1. The van der Waals surface area contributed by atoms with Gasteiger partial charge in [-0.2, -0.15) is 0 Å². The van der Waals surface area contributed by atoms with Crippen LogP contribution >= 0.6 is 0 Å². The maximum absolute atomic E-state index is 12.3. The van der Waals surface area contributed by atoms with E-state index in [1.54, 1.807) is 36.4 Å². The van der Waals surface area contributed by atoms with Crippen LogP contribution in [-0.2, 0) is 10.9 Å². The lowest BCUT2D eigenvalue weighted by atomic mass is 10.2. The highest BCUT2D eigenvalue weighted by atomic mass is 32.2. The molecule has 0 fully saturated rings. The Balaban J connectivity index is 2.20. The van der Waals surface area contributed by atoms with Crippen LogP contribution in [0.25, 0.3) is 10.9 Å². The minimum atomic E-state index is -0.589. The van der Waals surface area contributed by atoms with Crippen molar-refractivity contribution in [2.45, 2.75) is 9.79 Å². The summed E-state index contributed by atoms with van der Waals surface area (Å²) < 4.78 is 0. The minimum Gasteiger partial charge on any atom is -0.508 e. The summed E-state index contributed by atoms with van der Waals surface area (Å²) in [7, 11) is -0.589. The lowest BCUT2D eigenvalue weighted by Gasteiger charge is -2.06. The number of nitrogens with one attached hydrogen (secondary N) is 1. The number of phenolic OH excluding ortho intramolecular Hbond substituents is 1. The molecule has 5 heteroatoms. The Hall–Kier alpha value is -2.40. The Morgan fingerprint density at radius 3 is 2.38 bits per heavy atom. The summed E-state index contributed by atoms with van der Waals surface area (Å²) in [5, 5.41) is 20.4. The van der Waals surface area contributed by atoms with Gasteiger partial charge in [0.15, 0.2) is 10.6 Å². The van der Waals surface area contributed by atoms with Crippen molar-refractivity contribution in [3.8, 4) is 11.5 Å². The van der Waals surface area contributed by atoms with E-state index in [0.29, 0.717) is 15.8 Å². The Kier molecular flexibility index (Phi) is 3.35. The molecule has 0 aliphatic heterocycles. The quantitative estimate of drug-likeness (QED) is 0.637. The van der Waals surface area contributed by atoms with Gasteiger partial charge in [0, 0.05) is 5.39 Å². The predicted octanol–water partition coefficient (Wildman–Crippen LogP) is 2.61. The average Bonchev–Trinajstić information content (AvgIpc) is 2.48. The molecular formula is C16H14NO3S+. The first-order valence-electron chi connectivity index (χ1n) is 6.37. The van der Waals surface area contributed by atoms with Gasteiger partial charge in [0.25, 0.3) is 4.90 Å². The molecule has 0 saturated carbocycles. The summed E-state index contributed by atoms with van der Waals surface area (Å²) in [5.41, 5.74) is 0.330. The smallest absolute Gasteiger partial charge is 0.308 e. The molecule has 1 unspecified atom stereocenters. The third kappa shape index (κ3) is 2.36. The lowest BCUT2D eigenvalue weighted by molar-refractivity contribution is 0.466. The maximum Gasteiger partial charge on any atom is 0.308 e. The number of aromatic nitrogens is 1. The largest absolute Gasteiger partial charge is 0.508 e. The van der Waals surface area contributed by atoms with Gasteiger partial charge in [-0.05, 0) is 36.4 Å². The van der Waals surface area contributed by atoms with E-state index in [1.807, 2.05) is 18.4 Å². The van der Waals surface area contributed by atoms with Crippen molar-refractivity contribution in [2.75, 3.05) is 6.26 Å². The molecule has 1 heterocycles. The van der Waals surface area contributed by atoms with Crippen molar-refractivity contribution in [3.63, 3.8) is 0 Å². The van der Waals surface area contributed by atoms with Gasteiger partial charge in [0.2, 0.25) is 0 Å². The second kappa shape index (κ2) is 5.18. The summed E-state index contributed by atoms with van der Waals surface area (Å²) in [6, 6.07) is 13.8. The van der Waals surface area contributed by atoms with Gasteiger partial charge < -0.3 is 15.2 Å². The van der Waals surface area contributed by atoms with Gasteiger partial charge in [0.05, 0.1) is 16.4 Å². The van der Waals surface area contributed by atoms with Crippen LogP contribution in [0.5, 0.6) is 11.5 Å². The van der Waals surface area contributed by atoms with Crippen LogP contribution in [0.3, 0.4) is 0 Å². The first-order valence-corrected chi connectivity index (χ1v) is 8.00. The van der Waals surface area contributed by atoms with Crippen molar-refractivity contribution in [1.82, 2.24) is 4.98 Å². The van der Waals surface area contributed by atoms with Crippen LogP contribution in [0.15, 0.2) is 63.1 Å². The number of H-pyrrole nitrogens is 1. The van der Waals surface area contributed by atoms with Crippen LogP contribution in [0, 0.1) is 0 Å². The molecule has 2 aromatic carbocycles. The number of hydrogen-bond acceptors (Lipinski definition) is 3. The van der Waals surface area contributed by atoms with Crippen LogP contribution in [0.2, 0.25) is 0 Å². The maximum atomic E-state index is 12.3. The molecule has 0 aliphatic rings. The third-order valence-corrected chi connectivity index (χ3v) is 5.32. The number of pyridine rings is 1. The summed E-state index contributed by atoms with van der Waals surface area (Å²) in [6.45, 7) is 0. The van der Waals surface area contributed by atoms with E-state index in [0.717, 1.165) is 4.90 Å². The van der Waals surface area contributed by atoms with E-state index in [1.165, 1.54) is 0 Å². The summed E-state index contributed by atoms with van der Waals surface area (Å²) in [5.74, 6) is 0.195. The number of aromatic hydroxyl groups is 2. The topological polar surface area (TPSA) is 73.3 Å². The minimum absolute atomic E-state index is 0.0215. The molecule has 3 N–H and O–H groups in total. The first-order chi connectivity index (χ1) is 10.1. The summed E-state index contributed by atoms with van der Waals surface area (Å²) in [6.07, 6.45) is 1.88. The van der Waals surface area contributed by atoms with Gasteiger partial charge in [-0.15, -0.1) is 0 Å². The molecule has 0 radical (unpaired) electrons. The first kappa shape index (κ1) is 13.6. The van der Waals surface area contributed by atoms with Crippen molar-refractivity contribution in [1.29, 1.82) is 0 Å². The molecule has 3 rings (SSSR count). The summed E-state index contributed by atoms with van der Waals surface area (Å²) >= 11 is 0. The molecule has 21 heavy (non-hydrogen) atoms. The van der Waals surface area contributed by atoms with E-state index in [9.17, 15) is 15.0 Å². The fraction of sp³-hybridized carbons (Fsp3) is 0.0625. The molecule has 4 nitrogen and oxygen atoms in total. The fourth-order valence-corrected chi connectivity index (χ4v) is 3.77. The van der Waals surface area contributed by atoms with E-state index in [4.69, 9.17) is 0 Å². The number of hydrogen-bond donors (Lipinski definition) is 3. The second-order valence-corrected chi connectivity index (χ2v) is 6.58. The van der Waals surface area contributed by atoms with Crippen LogP contribution in [0.4, 0.5) is 0 Å². The molecule has 0 saturated heterocycles. The van der Waals surface area contributed by atoms with E-state index in [2.05, 4.69) is 4.98 Å². The van der Waals surface area contributed by atoms with Gasteiger partial charge in [-0.25, -0.2) is 0 Å². The molecule has 0 amide bonds. The Morgan fingerprint density at radius 2 is 1.67 bits per heavy atom. The Morgan fingerprint density at radius 1 is 1.00 bits per heavy atom. The van der Waals surface area contributed by atoms with E-state index >= 15 is 0 Å². The lowest BCUT2D eigenvalue weighted by Crippen LogP contribution is -2.17. The van der Waals surface area contributed by atoms with Crippen LogP contribution in [-0.4, -0.2) is 21.5 Å². The zero-order valence-electron chi connectivity index (χ0n) is 11.3. The van der Waals surface area contributed by atoms with Gasteiger partial charge in [-0.1, -0.05) is 12.1 Å². The molecule has 1 aromatic heterocycles. The molecule has 1 atom stereocenters. The fourth-order valence-electron chi connectivity index (χ4n) is 2.26. The molecular weight excluding hydrogens is 286 g/mol. The van der Waals surface area contributed by atoms with E-state index in [-0.39, 0.29) is 17.1 Å². The number of rotatable bonds is 2. The molecule has 0 aliphatic carbocycles. The van der Waals surface area contributed by atoms with Crippen molar-refractivity contribution in [3.05, 3.63) is 58.9 Å². The average molecular weight is 300 g/mol. The van der Waals surface area contributed by atoms with Crippen LogP contribution < -0.4 is 5.56 Å². The van der Waals surface area contributed by atoms with Gasteiger partial charge in [-0.3, -0.25) is 4.79 Å². The monoisotopic (exact) mass is 300 g/mol. The highest BCUT2D eigenvalue weighted by molar-refractivity contribution is 7.96. The van der Waals surface area contributed by atoms with Crippen molar-refractivity contribution >= 4 is 21.8 Å². The standard InChI is InChI=1S/C16H13NO3S/c1-21(11-8-6-10(18)7-9-11)15-14(19)12-4-2-3-5-13(12)17-16(15)20/h2-9H,1H3,(H2-,17,18,19,20)/p+1. The highest BCUT2D eigenvalue weighted by Crippen LogP contribution is 2.31. The normalized spacial score (nSPS) is 12.4. The number of fused-ring (bicyclic) bond motifs is 1. The third-order valence-electron chi connectivity index (χ3n) is 3.35. The SMILES string of the molecule is C[S+](c1ccc(O)cc1)c1c(O)c2ccccc2[nH]c1=O. The number of para-hydroxylation sites is 1. The second-order valence-electron chi connectivity index (χ2n) is 4.68. The molecule has 0 spiro atoms.